The lowest BCUT2D eigenvalue weighted by atomic mass is 9.99. The summed E-state index contributed by atoms with van der Waals surface area (Å²) in [6.07, 6.45) is 0. The second-order valence-electron chi connectivity index (χ2n) is 5.60. The van der Waals surface area contributed by atoms with Crippen molar-refractivity contribution in [3.8, 4) is 51.1 Å². The number of hydrogen-bond donors (Lipinski definition) is 1. The van der Waals surface area contributed by atoms with Crippen molar-refractivity contribution in [2.24, 2.45) is 0 Å². The van der Waals surface area contributed by atoms with Crippen LogP contribution in [0.25, 0.3) is 22.4 Å². The van der Waals surface area contributed by atoms with E-state index in [0.717, 1.165) is 22.4 Å². The van der Waals surface area contributed by atoms with Crippen molar-refractivity contribution in [3.63, 3.8) is 0 Å². The minimum atomic E-state index is -0.395. The summed E-state index contributed by atoms with van der Waals surface area (Å²) < 4.78 is 31.9. The maximum Gasteiger partial charge on any atom is 0.207 e. The Morgan fingerprint density at radius 1 is 0.893 bits per heavy atom. The molecule has 0 aliphatic heterocycles. The highest BCUT2D eigenvalue weighted by atomic mass is 32.1. The van der Waals surface area contributed by atoms with Crippen LogP contribution in [0.3, 0.4) is 0 Å². The molecule has 0 unspecified atom stereocenters. The van der Waals surface area contributed by atoms with Crippen molar-refractivity contribution < 1.29 is 28.8 Å². The summed E-state index contributed by atoms with van der Waals surface area (Å²) in [4.78, 5) is 0. The molecule has 0 atom stereocenters. The summed E-state index contributed by atoms with van der Waals surface area (Å²) in [5, 5.41) is 10.9. The maximum absolute atomic E-state index is 9.01. The van der Waals surface area contributed by atoms with Gasteiger partial charge in [-0.25, -0.2) is 0 Å². The highest BCUT2D eigenvalue weighted by Gasteiger charge is 2.25. The van der Waals surface area contributed by atoms with E-state index in [0.29, 0.717) is 28.7 Å². The van der Waals surface area contributed by atoms with Crippen LogP contribution in [-0.4, -0.2) is 44.7 Å². The summed E-state index contributed by atoms with van der Waals surface area (Å²) in [6.45, 7) is -0.395. The minimum absolute atomic E-state index is 0.395. The Bertz CT molecular complexity index is 956. The van der Waals surface area contributed by atoms with Gasteiger partial charge in [0.2, 0.25) is 11.5 Å². The zero-order valence-electron chi connectivity index (χ0n) is 16.0. The Balaban J connectivity index is 2.21. The summed E-state index contributed by atoms with van der Waals surface area (Å²) >= 11 is 1.32. The maximum atomic E-state index is 9.01. The van der Waals surface area contributed by atoms with Gasteiger partial charge in [0.25, 0.3) is 0 Å². The number of benzene rings is 2. The third-order valence-electron chi connectivity index (χ3n) is 4.19. The van der Waals surface area contributed by atoms with Crippen molar-refractivity contribution in [3.05, 3.63) is 35.7 Å². The highest BCUT2D eigenvalue weighted by molar-refractivity contribution is 7.04. The molecule has 0 radical (unpaired) electrons. The number of ether oxygens (including phenoxy) is 5. The predicted molar refractivity (Wildman–Crippen MR) is 107 cm³/mol. The molecule has 0 spiro atoms. The molecule has 1 aromatic heterocycles. The van der Waals surface area contributed by atoms with E-state index in [9.17, 15) is 0 Å². The van der Waals surface area contributed by atoms with Gasteiger partial charge in [-0.05, 0) is 29.7 Å². The number of aromatic nitrogens is 1. The van der Waals surface area contributed by atoms with Crippen molar-refractivity contribution >= 4 is 11.5 Å². The second kappa shape index (κ2) is 8.81. The molecule has 8 heteroatoms. The SMILES string of the molecule is COc1cc(-c2csnc2-c2cccc(OCO)c2)c(OC)c(OC)c1OC. The zero-order valence-corrected chi connectivity index (χ0v) is 16.8. The largest absolute Gasteiger partial charge is 0.493 e. The van der Waals surface area contributed by atoms with Gasteiger partial charge in [-0.2, -0.15) is 4.37 Å². The minimum Gasteiger partial charge on any atom is -0.493 e. The first-order valence-electron chi connectivity index (χ1n) is 8.34. The van der Waals surface area contributed by atoms with Crippen molar-refractivity contribution in [2.45, 2.75) is 0 Å². The van der Waals surface area contributed by atoms with Crippen LogP contribution in [0.1, 0.15) is 0 Å². The van der Waals surface area contributed by atoms with Gasteiger partial charge in [-0.15, -0.1) is 0 Å². The normalized spacial score (nSPS) is 10.5. The van der Waals surface area contributed by atoms with Gasteiger partial charge in [0, 0.05) is 22.1 Å². The highest BCUT2D eigenvalue weighted by Crippen LogP contribution is 2.51. The predicted octanol–water partition coefficient (Wildman–Crippen LogP) is 3.84. The van der Waals surface area contributed by atoms with E-state index in [-0.39, 0.29) is 0 Å². The van der Waals surface area contributed by atoms with E-state index >= 15 is 0 Å². The van der Waals surface area contributed by atoms with Crippen LogP contribution in [0.15, 0.2) is 35.7 Å². The number of aliphatic hydroxyl groups is 1. The number of methoxy groups -OCH3 is 4. The number of nitrogens with zero attached hydrogens (tertiary/aromatic N) is 1. The first kappa shape index (κ1) is 19.8. The van der Waals surface area contributed by atoms with Gasteiger partial charge >= 0.3 is 0 Å². The van der Waals surface area contributed by atoms with Crippen LogP contribution in [0.4, 0.5) is 0 Å². The molecule has 0 fully saturated rings. The number of rotatable bonds is 8. The lowest BCUT2D eigenvalue weighted by Gasteiger charge is -2.18. The Morgan fingerprint density at radius 2 is 1.64 bits per heavy atom. The summed E-state index contributed by atoms with van der Waals surface area (Å²) in [5.74, 6) is 2.48. The summed E-state index contributed by atoms with van der Waals surface area (Å²) in [7, 11) is 6.23. The molecule has 1 heterocycles. The topological polar surface area (TPSA) is 79.3 Å². The van der Waals surface area contributed by atoms with E-state index < -0.39 is 6.79 Å². The van der Waals surface area contributed by atoms with Gasteiger partial charge in [0.15, 0.2) is 18.3 Å². The molecule has 0 aliphatic carbocycles. The van der Waals surface area contributed by atoms with Gasteiger partial charge in [-0.1, -0.05) is 12.1 Å². The molecule has 0 saturated carbocycles. The quantitative estimate of drug-likeness (QED) is 0.573. The fourth-order valence-corrected chi connectivity index (χ4v) is 3.68. The fourth-order valence-electron chi connectivity index (χ4n) is 2.98. The zero-order chi connectivity index (χ0) is 20.1. The number of hydrogen-bond acceptors (Lipinski definition) is 8. The van der Waals surface area contributed by atoms with Gasteiger partial charge in [-0.3, -0.25) is 0 Å². The van der Waals surface area contributed by atoms with Gasteiger partial charge in [0.05, 0.1) is 34.1 Å². The van der Waals surface area contributed by atoms with Crippen LogP contribution in [0, 0.1) is 0 Å². The Labute approximate surface area is 167 Å². The first-order chi connectivity index (χ1) is 13.7. The fraction of sp³-hybridized carbons (Fsp3) is 0.250. The van der Waals surface area contributed by atoms with Crippen LogP contribution in [0.2, 0.25) is 0 Å². The summed E-state index contributed by atoms with van der Waals surface area (Å²) in [5.41, 5.74) is 3.20. The molecule has 1 N–H and O–H groups in total. The monoisotopic (exact) mass is 403 g/mol. The molecule has 148 valence electrons. The molecule has 0 saturated heterocycles. The average Bonchev–Trinajstić information content (AvgIpc) is 3.22. The van der Waals surface area contributed by atoms with E-state index in [4.69, 9.17) is 28.8 Å². The van der Waals surface area contributed by atoms with Crippen LogP contribution >= 0.6 is 11.5 Å². The summed E-state index contributed by atoms with van der Waals surface area (Å²) in [6, 6.07) is 9.19. The van der Waals surface area contributed by atoms with E-state index in [1.54, 1.807) is 34.5 Å². The molecule has 28 heavy (non-hydrogen) atoms. The molecular formula is C20H21NO6S. The molecule has 0 aliphatic rings. The Morgan fingerprint density at radius 3 is 2.29 bits per heavy atom. The second-order valence-corrected chi connectivity index (χ2v) is 6.23. The smallest absolute Gasteiger partial charge is 0.207 e. The molecule has 0 bridgehead atoms. The van der Waals surface area contributed by atoms with Crippen LogP contribution in [0.5, 0.6) is 28.7 Å². The Hall–Kier alpha value is -2.97. The Kier molecular flexibility index (Phi) is 6.23. The number of aliphatic hydroxyl groups excluding tert-OH is 1. The third-order valence-corrected chi connectivity index (χ3v) is 4.82. The van der Waals surface area contributed by atoms with Crippen LogP contribution < -0.4 is 23.7 Å². The molecule has 7 nitrogen and oxygen atoms in total. The van der Waals surface area contributed by atoms with Gasteiger partial charge in [0.1, 0.15) is 5.75 Å². The average molecular weight is 403 g/mol. The van der Waals surface area contributed by atoms with E-state index in [1.807, 2.05) is 29.6 Å². The first-order valence-corrected chi connectivity index (χ1v) is 9.17. The van der Waals surface area contributed by atoms with Gasteiger partial charge < -0.3 is 28.8 Å². The lowest BCUT2D eigenvalue weighted by molar-refractivity contribution is 0.0986. The molecular weight excluding hydrogens is 382 g/mol. The van der Waals surface area contributed by atoms with Crippen LogP contribution in [-0.2, 0) is 0 Å². The molecule has 0 amide bonds. The standard InChI is InChI=1S/C20H21NO6S/c1-23-16-9-14(18(24-2)20(26-4)19(16)25-3)15-10-28-21-17(15)12-6-5-7-13(8-12)27-11-22/h5-10,22H,11H2,1-4H3. The van der Waals surface area contributed by atoms with Crippen molar-refractivity contribution in [1.29, 1.82) is 0 Å². The third kappa shape index (κ3) is 3.56. The molecule has 2 aromatic carbocycles. The van der Waals surface area contributed by atoms with Crippen molar-refractivity contribution in [1.82, 2.24) is 4.37 Å². The molecule has 3 rings (SSSR count). The van der Waals surface area contributed by atoms with Crippen molar-refractivity contribution in [2.75, 3.05) is 35.2 Å². The molecule has 3 aromatic rings. The lowest BCUT2D eigenvalue weighted by Crippen LogP contribution is -2.00. The van der Waals surface area contributed by atoms with E-state index in [2.05, 4.69) is 4.37 Å². The van der Waals surface area contributed by atoms with E-state index in [1.165, 1.54) is 11.5 Å².